The normalized spacial score (nSPS) is 20.8. The largest absolute Gasteiger partial charge is 0.353 e. The fraction of sp³-hybridized carbons (Fsp3) is 0.692. The van der Waals surface area contributed by atoms with Crippen LogP contribution >= 0.6 is 0 Å². The first kappa shape index (κ1) is 13.1. The van der Waals surface area contributed by atoms with Crippen LogP contribution in [0, 0.1) is 5.92 Å². The average molecular weight is 250 g/mol. The minimum atomic E-state index is 0.0313. The molecule has 1 N–H and O–H groups in total. The number of aromatic nitrogens is 2. The van der Waals surface area contributed by atoms with E-state index < -0.39 is 0 Å². The van der Waals surface area contributed by atoms with E-state index in [9.17, 15) is 4.79 Å². The predicted molar refractivity (Wildman–Crippen MR) is 70.1 cm³/mol. The van der Waals surface area contributed by atoms with E-state index in [1.165, 1.54) is 19.4 Å². The highest BCUT2D eigenvalue weighted by atomic mass is 16.2. The summed E-state index contributed by atoms with van der Waals surface area (Å²) >= 11 is 0. The third-order valence-corrected chi connectivity index (χ3v) is 3.36. The second-order valence-electron chi connectivity index (χ2n) is 5.10. The Balaban J connectivity index is 1.61. The van der Waals surface area contributed by atoms with Gasteiger partial charge in [-0.25, -0.2) is 0 Å². The number of carbonyl (C=O) groups excluding carboxylic acids is 1. The molecule has 1 saturated heterocycles. The molecule has 0 spiro atoms. The van der Waals surface area contributed by atoms with E-state index in [0.717, 1.165) is 25.6 Å². The van der Waals surface area contributed by atoms with Crippen LogP contribution in [0.3, 0.4) is 0 Å². The van der Waals surface area contributed by atoms with Gasteiger partial charge in [-0.1, -0.05) is 6.92 Å². The average Bonchev–Trinajstić information content (AvgIpc) is 2.82. The summed E-state index contributed by atoms with van der Waals surface area (Å²) in [4.78, 5) is 14.1. The lowest BCUT2D eigenvalue weighted by Crippen LogP contribution is -2.40. The molecule has 0 bridgehead atoms. The molecule has 2 heterocycles. The van der Waals surface area contributed by atoms with Crippen molar-refractivity contribution in [1.29, 1.82) is 0 Å². The maximum atomic E-state index is 11.6. The summed E-state index contributed by atoms with van der Waals surface area (Å²) in [5.74, 6) is 0.822. The van der Waals surface area contributed by atoms with E-state index in [-0.39, 0.29) is 5.91 Å². The molecule has 1 aliphatic rings. The smallest absolute Gasteiger partial charge is 0.241 e. The monoisotopic (exact) mass is 250 g/mol. The Morgan fingerprint density at radius 3 is 3.17 bits per heavy atom. The van der Waals surface area contributed by atoms with Crippen LogP contribution in [0.1, 0.15) is 19.8 Å². The van der Waals surface area contributed by atoms with Crippen LogP contribution in [-0.2, 0) is 11.3 Å². The van der Waals surface area contributed by atoms with Crippen molar-refractivity contribution in [3.8, 4) is 0 Å². The van der Waals surface area contributed by atoms with E-state index in [1.54, 1.807) is 17.1 Å². The van der Waals surface area contributed by atoms with Gasteiger partial charge in [0, 0.05) is 32.0 Å². The quantitative estimate of drug-likeness (QED) is 0.838. The molecule has 1 aromatic heterocycles. The molecule has 18 heavy (non-hydrogen) atoms. The fourth-order valence-corrected chi connectivity index (χ4v) is 2.44. The Labute approximate surface area is 108 Å². The highest BCUT2D eigenvalue weighted by Gasteiger charge is 2.15. The van der Waals surface area contributed by atoms with Gasteiger partial charge in [0.05, 0.1) is 0 Å². The van der Waals surface area contributed by atoms with Gasteiger partial charge in [0.2, 0.25) is 5.91 Å². The molecule has 1 aromatic rings. The third kappa shape index (κ3) is 4.14. The Hall–Kier alpha value is -1.36. The van der Waals surface area contributed by atoms with Crippen molar-refractivity contribution in [2.24, 2.45) is 5.92 Å². The van der Waals surface area contributed by atoms with Crippen molar-refractivity contribution in [2.75, 3.05) is 26.2 Å². The summed E-state index contributed by atoms with van der Waals surface area (Å²) in [5.41, 5.74) is 0. The fourth-order valence-electron chi connectivity index (χ4n) is 2.44. The summed E-state index contributed by atoms with van der Waals surface area (Å²) < 4.78 is 1.64. The van der Waals surface area contributed by atoms with Gasteiger partial charge >= 0.3 is 0 Å². The lowest BCUT2D eigenvalue weighted by Gasteiger charge is -2.30. The molecule has 100 valence electrons. The summed E-state index contributed by atoms with van der Waals surface area (Å²) in [6.07, 6.45) is 6.10. The van der Waals surface area contributed by atoms with E-state index in [2.05, 4.69) is 22.2 Å². The first-order chi connectivity index (χ1) is 8.74. The van der Waals surface area contributed by atoms with Crippen molar-refractivity contribution in [2.45, 2.75) is 26.3 Å². The molecule has 0 saturated carbocycles. The topological polar surface area (TPSA) is 50.2 Å². The Morgan fingerprint density at radius 1 is 1.56 bits per heavy atom. The highest BCUT2D eigenvalue weighted by molar-refractivity contribution is 5.75. The molecular weight excluding hydrogens is 228 g/mol. The molecule has 0 aromatic carbocycles. The van der Waals surface area contributed by atoms with Crippen molar-refractivity contribution < 1.29 is 4.79 Å². The van der Waals surface area contributed by atoms with E-state index in [0.29, 0.717) is 6.54 Å². The second kappa shape index (κ2) is 6.54. The zero-order valence-electron chi connectivity index (χ0n) is 11.0. The number of hydrogen-bond acceptors (Lipinski definition) is 3. The molecule has 0 radical (unpaired) electrons. The molecular formula is C13H22N4O. The predicted octanol–water partition coefficient (Wildman–Crippen LogP) is 0.731. The summed E-state index contributed by atoms with van der Waals surface area (Å²) in [6, 6.07) is 1.82. The molecule has 5 nitrogen and oxygen atoms in total. The van der Waals surface area contributed by atoms with E-state index >= 15 is 0 Å². The molecule has 1 aliphatic heterocycles. The van der Waals surface area contributed by atoms with E-state index in [1.807, 2.05) is 6.07 Å². The zero-order valence-corrected chi connectivity index (χ0v) is 11.0. The summed E-state index contributed by atoms with van der Waals surface area (Å²) in [6.45, 7) is 6.61. The Bertz CT molecular complexity index is 363. The first-order valence-electron chi connectivity index (χ1n) is 6.70. The van der Waals surface area contributed by atoms with E-state index in [4.69, 9.17) is 0 Å². The van der Waals surface area contributed by atoms with Gasteiger partial charge in [0.15, 0.2) is 0 Å². The molecule has 0 unspecified atom stereocenters. The third-order valence-electron chi connectivity index (χ3n) is 3.36. The van der Waals surface area contributed by atoms with Crippen molar-refractivity contribution in [1.82, 2.24) is 20.0 Å². The Kier molecular flexibility index (Phi) is 4.75. The van der Waals surface area contributed by atoms with Crippen LogP contribution in [0.4, 0.5) is 0 Å². The number of nitrogens with one attached hydrogen (secondary N) is 1. The Morgan fingerprint density at radius 2 is 2.44 bits per heavy atom. The number of carbonyl (C=O) groups is 1. The SMILES string of the molecule is C[C@@H]1CCCN(CCNC(=O)Cn2cccn2)C1. The number of hydrogen-bond donors (Lipinski definition) is 1. The minimum absolute atomic E-state index is 0.0313. The zero-order chi connectivity index (χ0) is 12.8. The van der Waals surface area contributed by atoms with Gasteiger partial charge in [0.25, 0.3) is 0 Å². The first-order valence-corrected chi connectivity index (χ1v) is 6.70. The van der Waals surface area contributed by atoms with Crippen molar-refractivity contribution in [3.63, 3.8) is 0 Å². The molecule has 1 fully saturated rings. The van der Waals surface area contributed by atoms with Crippen LogP contribution < -0.4 is 5.32 Å². The van der Waals surface area contributed by atoms with Crippen molar-refractivity contribution >= 4 is 5.91 Å². The number of rotatable bonds is 5. The standard InChI is InChI=1S/C13H22N4O/c1-12-4-2-7-16(10-12)9-6-14-13(18)11-17-8-3-5-15-17/h3,5,8,12H,2,4,6-7,9-11H2,1H3,(H,14,18)/t12-/m1/s1. The number of nitrogens with zero attached hydrogens (tertiary/aromatic N) is 3. The number of likely N-dealkylation sites (tertiary alicyclic amines) is 1. The van der Waals surface area contributed by atoms with Crippen LogP contribution in [0.15, 0.2) is 18.5 Å². The van der Waals surface area contributed by atoms with Gasteiger partial charge in [-0.3, -0.25) is 9.48 Å². The maximum Gasteiger partial charge on any atom is 0.241 e. The van der Waals surface area contributed by atoms with Gasteiger partial charge < -0.3 is 10.2 Å². The lowest BCUT2D eigenvalue weighted by molar-refractivity contribution is -0.121. The van der Waals surface area contributed by atoms with Crippen LogP contribution in [0.25, 0.3) is 0 Å². The van der Waals surface area contributed by atoms with Crippen LogP contribution in [-0.4, -0.2) is 46.8 Å². The number of piperidine rings is 1. The maximum absolute atomic E-state index is 11.6. The summed E-state index contributed by atoms with van der Waals surface area (Å²) in [7, 11) is 0. The number of amides is 1. The van der Waals surface area contributed by atoms with Gasteiger partial charge in [0.1, 0.15) is 6.54 Å². The highest BCUT2D eigenvalue weighted by Crippen LogP contribution is 2.14. The lowest BCUT2D eigenvalue weighted by atomic mass is 10.0. The molecule has 2 rings (SSSR count). The molecule has 1 amide bonds. The van der Waals surface area contributed by atoms with Crippen molar-refractivity contribution in [3.05, 3.63) is 18.5 Å². The molecule has 0 aliphatic carbocycles. The van der Waals surface area contributed by atoms with Crippen LogP contribution in [0.2, 0.25) is 0 Å². The second-order valence-corrected chi connectivity index (χ2v) is 5.10. The molecule has 1 atom stereocenters. The minimum Gasteiger partial charge on any atom is -0.353 e. The van der Waals surface area contributed by atoms with Gasteiger partial charge in [-0.2, -0.15) is 5.10 Å². The van der Waals surface area contributed by atoms with Gasteiger partial charge in [-0.15, -0.1) is 0 Å². The van der Waals surface area contributed by atoms with Crippen LogP contribution in [0.5, 0.6) is 0 Å². The van der Waals surface area contributed by atoms with Gasteiger partial charge in [-0.05, 0) is 31.4 Å². The molecule has 5 heteroatoms. The summed E-state index contributed by atoms with van der Waals surface area (Å²) in [5, 5.41) is 6.95.